The highest BCUT2D eigenvalue weighted by molar-refractivity contribution is 5.70. The molecule has 0 aromatic carbocycles. The summed E-state index contributed by atoms with van der Waals surface area (Å²) in [5, 5.41) is 0. The van der Waals surface area contributed by atoms with E-state index in [0.717, 1.165) is 0 Å². The molecule has 0 saturated heterocycles. The molecule has 8 nitrogen and oxygen atoms in total. The van der Waals surface area contributed by atoms with E-state index in [1.165, 1.54) is 10.9 Å². The predicted octanol–water partition coefficient (Wildman–Crippen LogP) is -0.875. The zero-order valence-corrected chi connectivity index (χ0v) is 7.89. The van der Waals surface area contributed by atoms with Gasteiger partial charge in [-0.25, -0.2) is 14.8 Å². The SMILES string of the molecule is O=c1[nH]c(=O)c2ncn(-c3ncc[nH]3)c2[nH]1. The van der Waals surface area contributed by atoms with E-state index >= 15 is 0 Å². The van der Waals surface area contributed by atoms with Gasteiger partial charge in [-0.15, -0.1) is 0 Å². The zero-order valence-electron chi connectivity index (χ0n) is 7.89. The predicted molar refractivity (Wildman–Crippen MR) is 54.5 cm³/mol. The second kappa shape index (κ2) is 2.92. The number of hydrogen-bond acceptors (Lipinski definition) is 4. The van der Waals surface area contributed by atoms with Crippen LogP contribution < -0.4 is 11.2 Å². The van der Waals surface area contributed by atoms with Crippen molar-refractivity contribution >= 4 is 11.2 Å². The van der Waals surface area contributed by atoms with Crippen LogP contribution in [0.3, 0.4) is 0 Å². The van der Waals surface area contributed by atoms with Gasteiger partial charge in [-0.3, -0.25) is 19.3 Å². The molecule has 0 aliphatic carbocycles. The van der Waals surface area contributed by atoms with E-state index in [4.69, 9.17) is 0 Å². The summed E-state index contributed by atoms with van der Waals surface area (Å²) >= 11 is 0. The molecule has 0 atom stereocenters. The lowest BCUT2D eigenvalue weighted by Crippen LogP contribution is -2.22. The quantitative estimate of drug-likeness (QED) is 0.492. The van der Waals surface area contributed by atoms with Crippen LogP contribution >= 0.6 is 0 Å². The molecule has 0 amide bonds. The van der Waals surface area contributed by atoms with Crippen molar-refractivity contribution < 1.29 is 0 Å². The van der Waals surface area contributed by atoms with Gasteiger partial charge in [0.25, 0.3) is 5.56 Å². The molecule has 80 valence electrons. The van der Waals surface area contributed by atoms with Crippen LogP contribution in [0.25, 0.3) is 17.1 Å². The van der Waals surface area contributed by atoms with Gasteiger partial charge in [0.05, 0.1) is 0 Å². The van der Waals surface area contributed by atoms with Gasteiger partial charge >= 0.3 is 5.69 Å². The monoisotopic (exact) mass is 218 g/mol. The van der Waals surface area contributed by atoms with Crippen molar-refractivity contribution in [1.82, 2.24) is 29.5 Å². The van der Waals surface area contributed by atoms with Gasteiger partial charge in [0.1, 0.15) is 6.33 Å². The molecule has 0 unspecified atom stereocenters. The Morgan fingerprint density at radius 3 is 2.81 bits per heavy atom. The van der Waals surface area contributed by atoms with Gasteiger partial charge in [-0.1, -0.05) is 0 Å². The summed E-state index contributed by atoms with van der Waals surface area (Å²) in [7, 11) is 0. The second-order valence-electron chi connectivity index (χ2n) is 3.13. The Morgan fingerprint density at radius 2 is 2.06 bits per heavy atom. The van der Waals surface area contributed by atoms with Crippen molar-refractivity contribution in [2.75, 3.05) is 0 Å². The summed E-state index contributed by atoms with van der Waals surface area (Å²) in [5.41, 5.74) is -0.630. The Labute approximate surface area is 87.0 Å². The molecule has 3 aromatic heterocycles. The van der Waals surface area contributed by atoms with E-state index in [1.54, 1.807) is 12.4 Å². The number of H-pyrrole nitrogens is 3. The van der Waals surface area contributed by atoms with Gasteiger partial charge < -0.3 is 4.98 Å². The van der Waals surface area contributed by atoms with Crippen molar-refractivity contribution in [2.24, 2.45) is 0 Å². The maximum Gasteiger partial charge on any atom is 0.327 e. The van der Waals surface area contributed by atoms with Crippen LogP contribution in [0.15, 0.2) is 28.3 Å². The summed E-state index contributed by atoms with van der Waals surface area (Å²) in [6, 6.07) is 0. The molecule has 3 aromatic rings. The summed E-state index contributed by atoms with van der Waals surface area (Å²) in [6.45, 7) is 0. The van der Waals surface area contributed by atoms with Crippen molar-refractivity contribution in [3.63, 3.8) is 0 Å². The number of hydrogen-bond donors (Lipinski definition) is 3. The largest absolute Gasteiger partial charge is 0.330 e. The fraction of sp³-hybridized carbons (Fsp3) is 0. The Hall–Kier alpha value is -2.64. The van der Waals surface area contributed by atoms with Crippen molar-refractivity contribution in [3.8, 4) is 5.95 Å². The molecule has 3 N–H and O–H groups in total. The minimum Gasteiger partial charge on any atom is -0.330 e. The topological polar surface area (TPSA) is 112 Å². The molecule has 0 spiro atoms. The van der Waals surface area contributed by atoms with E-state index in [1.807, 2.05) is 0 Å². The summed E-state index contributed by atoms with van der Waals surface area (Å²) in [5.74, 6) is 0.476. The third-order valence-electron chi connectivity index (χ3n) is 2.15. The minimum absolute atomic E-state index is 0.163. The zero-order chi connectivity index (χ0) is 11.1. The highest BCUT2D eigenvalue weighted by Gasteiger charge is 2.09. The third kappa shape index (κ3) is 1.10. The lowest BCUT2D eigenvalue weighted by atomic mass is 10.5. The highest BCUT2D eigenvalue weighted by Crippen LogP contribution is 2.07. The van der Waals surface area contributed by atoms with Crippen LogP contribution in [-0.2, 0) is 0 Å². The Kier molecular flexibility index (Phi) is 1.58. The number of rotatable bonds is 1. The number of nitrogens with one attached hydrogen (secondary N) is 3. The Bertz CT molecular complexity index is 747. The summed E-state index contributed by atoms with van der Waals surface area (Å²) in [4.78, 5) is 37.9. The van der Waals surface area contributed by atoms with Gasteiger partial charge in [0.2, 0.25) is 5.95 Å². The molecule has 3 heterocycles. The molecular weight excluding hydrogens is 212 g/mol. The Balaban J connectivity index is 2.45. The van der Waals surface area contributed by atoms with Crippen molar-refractivity contribution in [3.05, 3.63) is 39.6 Å². The van der Waals surface area contributed by atoms with Crippen LogP contribution in [0.1, 0.15) is 0 Å². The van der Waals surface area contributed by atoms with Gasteiger partial charge in [-0.05, 0) is 0 Å². The molecule has 3 rings (SSSR count). The van der Waals surface area contributed by atoms with Crippen LogP contribution in [0.5, 0.6) is 0 Å². The number of aromatic amines is 3. The first-order valence-electron chi connectivity index (χ1n) is 4.45. The Morgan fingerprint density at radius 1 is 1.19 bits per heavy atom. The van der Waals surface area contributed by atoms with E-state index in [0.29, 0.717) is 11.6 Å². The molecule has 0 bridgehead atoms. The average Bonchev–Trinajstić information content (AvgIpc) is 2.83. The van der Waals surface area contributed by atoms with Crippen molar-refractivity contribution in [1.29, 1.82) is 0 Å². The lowest BCUT2D eigenvalue weighted by molar-refractivity contribution is 0.959. The van der Waals surface area contributed by atoms with E-state index in [2.05, 4.69) is 24.9 Å². The molecule has 8 heteroatoms. The van der Waals surface area contributed by atoms with E-state index < -0.39 is 11.2 Å². The molecule has 16 heavy (non-hydrogen) atoms. The minimum atomic E-state index is -0.578. The molecular formula is C8H6N6O2. The highest BCUT2D eigenvalue weighted by atomic mass is 16.2. The van der Waals surface area contributed by atoms with Gasteiger partial charge in [0.15, 0.2) is 11.2 Å². The molecule has 0 radical (unpaired) electrons. The first-order chi connectivity index (χ1) is 7.75. The fourth-order valence-corrected chi connectivity index (χ4v) is 1.48. The maximum atomic E-state index is 11.4. The molecule has 0 aliphatic rings. The van der Waals surface area contributed by atoms with Crippen LogP contribution in [0.4, 0.5) is 0 Å². The van der Waals surface area contributed by atoms with Crippen LogP contribution in [0, 0.1) is 0 Å². The van der Waals surface area contributed by atoms with E-state index in [9.17, 15) is 9.59 Å². The first-order valence-corrected chi connectivity index (χ1v) is 4.45. The maximum absolute atomic E-state index is 11.4. The van der Waals surface area contributed by atoms with Gasteiger partial charge in [0, 0.05) is 12.4 Å². The number of fused-ring (bicyclic) bond motifs is 1. The second-order valence-corrected chi connectivity index (χ2v) is 3.13. The summed E-state index contributed by atoms with van der Waals surface area (Å²) < 4.78 is 1.49. The molecule has 0 aliphatic heterocycles. The first kappa shape index (κ1) is 8.65. The van der Waals surface area contributed by atoms with E-state index in [-0.39, 0.29) is 5.52 Å². The summed E-state index contributed by atoms with van der Waals surface area (Å²) in [6.07, 6.45) is 4.60. The molecule has 0 fully saturated rings. The average molecular weight is 218 g/mol. The standard InChI is InChI=1S/C8H6N6O2/c15-6-4-5(12-8(16)13-6)14(3-11-4)7-9-1-2-10-7/h1-3H,(H,9,10)(H2,12,13,15,16). The normalized spacial score (nSPS) is 11.0. The molecule has 0 saturated carbocycles. The van der Waals surface area contributed by atoms with Crippen molar-refractivity contribution in [2.45, 2.75) is 0 Å². The van der Waals surface area contributed by atoms with Crippen LogP contribution in [0.2, 0.25) is 0 Å². The smallest absolute Gasteiger partial charge is 0.327 e. The number of aromatic nitrogens is 6. The number of imidazole rings is 2. The number of nitrogens with zero attached hydrogens (tertiary/aromatic N) is 3. The fourth-order valence-electron chi connectivity index (χ4n) is 1.48. The lowest BCUT2D eigenvalue weighted by Gasteiger charge is -1.97. The van der Waals surface area contributed by atoms with Crippen LogP contribution in [-0.4, -0.2) is 29.5 Å². The third-order valence-corrected chi connectivity index (χ3v) is 2.15. The van der Waals surface area contributed by atoms with Gasteiger partial charge in [-0.2, -0.15) is 0 Å².